The Hall–Kier alpha value is -4.61. The zero-order valence-corrected chi connectivity index (χ0v) is 20.9. The van der Waals surface area contributed by atoms with Crippen LogP contribution in [0, 0.1) is 5.41 Å². The van der Waals surface area contributed by atoms with Crippen molar-refractivity contribution >= 4 is 28.0 Å². The standard InChI is InChI=1S/C32H31N5/c1-37(30-14-8-7-13-29(30)33)21-22-15-17-23(18-16-22)27-19-25-11-5-6-12-26(25)20-28(27)32(35)36-31(34)24-9-3-2-4-10-24/h2-20,31H,21,33-34H2,1H3,(H2,35,36). The first-order valence-electron chi connectivity index (χ1n) is 12.3. The highest BCUT2D eigenvalue weighted by Gasteiger charge is 2.15. The molecule has 5 aromatic carbocycles. The van der Waals surface area contributed by atoms with E-state index in [2.05, 4.69) is 58.7 Å². The Kier molecular flexibility index (Phi) is 6.88. The van der Waals surface area contributed by atoms with Crippen LogP contribution >= 0.6 is 0 Å². The van der Waals surface area contributed by atoms with E-state index in [4.69, 9.17) is 16.9 Å². The van der Waals surface area contributed by atoms with Crippen molar-refractivity contribution in [1.29, 1.82) is 5.41 Å². The van der Waals surface area contributed by atoms with Crippen molar-refractivity contribution in [2.24, 2.45) is 5.73 Å². The largest absolute Gasteiger partial charge is 0.397 e. The molecular weight excluding hydrogens is 454 g/mol. The van der Waals surface area contributed by atoms with Crippen LogP contribution in [0.25, 0.3) is 21.9 Å². The highest BCUT2D eigenvalue weighted by atomic mass is 15.1. The predicted molar refractivity (Wildman–Crippen MR) is 156 cm³/mol. The topological polar surface area (TPSA) is 91.2 Å². The van der Waals surface area contributed by atoms with Gasteiger partial charge in [0.15, 0.2) is 0 Å². The summed E-state index contributed by atoms with van der Waals surface area (Å²) in [7, 11) is 2.05. The van der Waals surface area contributed by atoms with Gasteiger partial charge in [0.05, 0.1) is 11.4 Å². The van der Waals surface area contributed by atoms with E-state index in [0.717, 1.165) is 50.9 Å². The number of nitrogen functional groups attached to an aromatic ring is 1. The number of benzene rings is 5. The maximum atomic E-state index is 8.92. The molecule has 0 saturated carbocycles. The van der Waals surface area contributed by atoms with Crippen molar-refractivity contribution in [3.05, 3.63) is 132 Å². The van der Waals surface area contributed by atoms with Gasteiger partial charge in [-0.3, -0.25) is 5.41 Å². The van der Waals surface area contributed by atoms with Crippen molar-refractivity contribution < 1.29 is 0 Å². The Labute approximate surface area is 217 Å². The van der Waals surface area contributed by atoms with Crippen LogP contribution in [0.3, 0.4) is 0 Å². The van der Waals surface area contributed by atoms with Crippen LogP contribution in [0.4, 0.5) is 11.4 Å². The van der Waals surface area contributed by atoms with Crippen molar-refractivity contribution in [1.82, 2.24) is 5.32 Å². The minimum atomic E-state index is -0.476. The number of hydrogen-bond acceptors (Lipinski definition) is 4. The lowest BCUT2D eigenvalue weighted by atomic mass is 9.94. The molecule has 0 saturated heterocycles. The van der Waals surface area contributed by atoms with Gasteiger partial charge in [0.1, 0.15) is 12.0 Å². The number of hydrogen-bond donors (Lipinski definition) is 4. The summed E-state index contributed by atoms with van der Waals surface area (Å²) >= 11 is 0. The van der Waals surface area contributed by atoms with E-state index in [1.165, 1.54) is 5.56 Å². The normalized spacial score (nSPS) is 11.7. The average Bonchev–Trinajstić information content (AvgIpc) is 2.93. The van der Waals surface area contributed by atoms with E-state index in [1.807, 2.05) is 73.8 Å². The van der Waals surface area contributed by atoms with Crippen LogP contribution in [-0.2, 0) is 6.54 Å². The van der Waals surface area contributed by atoms with E-state index < -0.39 is 6.17 Å². The molecule has 0 aliphatic heterocycles. The Morgan fingerprint density at radius 2 is 1.43 bits per heavy atom. The molecule has 0 spiro atoms. The van der Waals surface area contributed by atoms with Crippen LogP contribution in [0.1, 0.15) is 22.9 Å². The molecule has 37 heavy (non-hydrogen) atoms. The molecule has 0 fully saturated rings. The Morgan fingerprint density at radius 3 is 2.14 bits per heavy atom. The third-order valence-electron chi connectivity index (χ3n) is 6.65. The molecule has 5 nitrogen and oxygen atoms in total. The molecule has 0 aliphatic carbocycles. The van der Waals surface area contributed by atoms with Gasteiger partial charge in [0.2, 0.25) is 0 Å². The van der Waals surface area contributed by atoms with E-state index in [1.54, 1.807) is 0 Å². The number of rotatable bonds is 7. The van der Waals surface area contributed by atoms with Crippen LogP contribution in [0.15, 0.2) is 115 Å². The summed E-state index contributed by atoms with van der Waals surface area (Å²) in [5.74, 6) is 0.292. The lowest BCUT2D eigenvalue weighted by Gasteiger charge is -2.21. The second-order valence-corrected chi connectivity index (χ2v) is 9.26. The SMILES string of the molecule is CN(Cc1ccc(-c2cc3ccccc3cc2C(=N)NC(N)c2ccccc2)cc1)c1ccccc1N. The first-order chi connectivity index (χ1) is 18.0. The number of amidine groups is 1. The molecule has 0 amide bonds. The highest BCUT2D eigenvalue weighted by Crippen LogP contribution is 2.30. The fourth-order valence-electron chi connectivity index (χ4n) is 4.65. The molecule has 5 aromatic rings. The summed E-state index contributed by atoms with van der Waals surface area (Å²) in [6, 6.07) is 38.6. The van der Waals surface area contributed by atoms with E-state index in [0.29, 0.717) is 5.84 Å². The Morgan fingerprint density at radius 1 is 0.811 bits per heavy atom. The lowest BCUT2D eigenvalue weighted by molar-refractivity contribution is 0.679. The van der Waals surface area contributed by atoms with Gasteiger partial charge in [-0.1, -0.05) is 91.0 Å². The summed E-state index contributed by atoms with van der Waals surface area (Å²) < 4.78 is 0. The second-order valence-electron chi connectivity index (χ2n) is 9.26. The molecule has 184 valence electrons. The number of fused-ring (bicyclic) bond motifs is 1. The molecular formula is C32H31N5. The molecule has 0 radical (unpaired) electrons. The van der Waals surface area contributed by atoms with Gasteiger partial charge in [-0.25, -0.2) is 0 Å². The van der Waals surface area contributed by atoms with Gasteiger partial charge in [0.25, 0.3) is 0 Å². The molecule has 0 aliphatic rings. The quantitative estimate of drug-likeness (QED) is 0.0942. The maximum Gasteiger partial charge on any atom is 0.127 e. The van der Waals surface area contributed by atoms with Crippen LogP contribution < -0.4 is 21.7 Å². The molecule has 5 heteroatoms. The summed E-state index contributed by atoms with van der Waals surface area (Å²) in [5.41, 5.74) is 19.3. The summed E-state index contributed by atoms with van der Waals surface area (Å²) in [4.78, 5) is 2.15. The van der Waals surface area contributed by atoms with E-state index in [-0.39, 0.29) is 0 Å². The third kappa shape index (κ3) is 5.32. The van der Waals surface area contributed by atoms with Gasteiger partial charge in [-0.15, -0.1) is 0 Å². The fourth-order valence-corrected chi connectivity index (χ4v) is 4.65. The van der Waals surface area contributed by atoms with Gasteiger partial charge in [-0.2, -0.15) is 0 Å². The van der Waals surface area contributed by atoms with Gasteiger partial charge in [0, 0.05) is 19.2 Å². The first kappa shape index (κ1) is 24.1. The molecule has 6 N–H and O–H groups in total. The first-order valence-corrected chi connectivity index (χ1v) is 12.3. The Balaban J connectivity index is 1.44. The minimum Gasteiger partial charge on any atom is -0.397 e. The average molecular weight is 486 g/mol. The second kappa shape index (κ2) is 10.6. The van der Waals surface area contributed by atoms with Gasteiger partial charge in [-0.05, 0) is 57.3 Å². The zero-order valence-electron chi connectivity index (χ0n) is 20.9. The summed E-state index contributed by atoms with van der Waals surface area (Å²) in [5, 5.41) is 14.3. The number of nitrogens with two attached hydrogens (primary N) is 2. The maximum absolute atomic E-state index is 8.92. The number of anilines is 2. The monoisotopic (exact) mass is 485 g/mol. The van der Waals surface area contributed by atoms with Crippen LogP contribution in [-0.4, -0.2) is 12.9 Å². The number of nitrogens with one attached hydrogen (secondary N) is 2. The summed E-state index contributed by atoms with van der Waals surface area (Å²) in [6.07, 6.45) is -0.476. The van der Waals surface area contributed by atoms with Crippen molar-refractivity contribution in [3.8, 4) is 11.1 Å². The minimum absolute atomic E-state index is 0.292. The molecule has 1 atom stereocenters. The van der Waals surface area contributed by atoms with E-state index in [9.17, 15) is 0 Å². The van der Waals surface area contributed by atoms with Crippen molar-refractivity contribution in [2.45, 2.75) is 12.7 Å². The predicted octanol–water partition coefficient (Wildman–Crippen LogP) is 6.30. The Bertz CT molecular complexity index is 1530. The smallest absolute Gasteiger partial charge is 0.127 e. The van der Waals surface area contributed by atoms with Crippen molar-refractivity contribution in [2.75, 3.05) is 17.7 Å². The summed E-state index contributed by atoms with van der Waals surface area (Å²) in [6.45, 7) is 0.738. The molecule has 1 unspecified atom stereocenters. The third-order valence-corrected chi connectivity index (χ3v) is 6.65. The highest BCUT2D eigenvalue weighted by molar-refractivity contribution is 6.07. The van der Waals surface area contributed by atoms with Gasteiger partial charge < -0.3 is 21.7 Å². The van der Waals surface area contributed by atoms with Crippen LogP contribution in [0.5, 0.6) is 0 Å². The van der Waals surface area contributed by atoms with Crippen molar-refractivity contribution in [3.63, 3.8) is 0 Å². The molecule has 0 aromatic heterocycles. The number of nitrogens with zero attached hydrogens (tertiary/aromatic N) is 1. The van der Waals surface area contributed by atoms with Gasteiger partial charge >= 0.3 is 0 Å². The molecule has 0 bridgehead atoms. The molecule has 0 heterocycles. The number of para-hydroxylation sites is 2. The van der Waals surface area contributed by atoms with Crippen LogP contribution in [0.2, 0.25) is 0 Å². The zero-order chi connectivity index (χ0) is 25.8. The fraction of sp³-hybridized carbons (Fsp3) is 0.0938. The lowest BCUT2D eigenvalue weighted by Crippen LogP contribution is -2.34. The molecule has 5 rings (SSSR count). The van der Waals surface area contributed by atoms with E-state index >= 15 is 0 Å².